The van der Waals surface area contributed by atoms with Crippen LogP contribution in [0.2, 0.25) is 0 Å². The first-order valence-electron chi connectivity index (χ1n) is 11.9. The number of nitrogens with one attached hydrogen (secondary N) is 1. The summed E-state index contributed by atoms with van der Waals surface area (Å²) in [6.07, 6.45) is 16.9. The van der Waals surface area contributed by atoms with Gasteiger partial charge in [-0.25, -0.2) is 4.79 Å². The number of rotatable bonds is 8. The molecule has 0 bridgehead atoms. The molecule has 156 valence electrons. The Labute approximate surface area is 172 Å². The van der Waals surface area contributed by atoms with Crippen LogP contribution >= 0.6 is 0 Å². The summed E-state index contributed by atoms with van der Waals surface area (Å²) < 4.78 is 0. The van der Waals surface area contributed by atoms with Gasteiger partial charge in [-0.3, -0.25) is 0 Å². The summed E-state index contributed by atoms with van der Waals surface area (Å²) >= 11 is 0. The first-order valence-corrected chi connectivity index (χ1v) is 11.9. The number of hydrogen-bond donors (Lipinski definition) is 1. The van der Waals surface area contributed by atoms with Crippen LogP contribution in [-0.4, -0.2) is 23.5 Å². The van der Waals surface area contributed by atoms with E-state index in [4.69, 9.17) is 0 Å². The minimum atomic E-state index is 0.125. The molecule has 2 fully saturated rings. The van der Waals surface area contributed by atoms with Crippen LogP contribution < -0.4 is 5.32 Å². The van der Waals surface area contributed by atoms with E-state index in [1.54, 1.807) is 0 Å². The lowest BCUT2D eigenvalue weighted by molar-refractivity contribution is 0.169. The summed E-state index contributed by atoms with van der Waals surface area (Å²) in [5.74, 6) is 0.935. The molecule has 0 saturated heterocycles. The van der Waals surface area contributed by atoms with E-state index in [1.165, 1.54) is 69.8 Å². The lowest BCUT2D eigenvalue weighted by Gasteiger charge is -2.33. The summed E-state index contributed by atoms with van der Waals surface area (Å²) in [6, 6.07) is 11.1. The highest BCUT2D eigenvalue weighted by molar-refractivity contribution is 5.75. The van der Waals surface area contributed by atoms with E-state index >= 15 is 0 Å². The Balaban J connectivity index is 1.54. The highest BCUT2D eigenvalue weighted by atomic mass is 16.2. The first kappa shape index (κ1) is 21.2. The van der Waals surface area contributed by atoms with Crippen molar-refractivity contribution >= 4 is 6.03 Å². The topological polar surface area (TPSA) is 32.3 Å². The molecule has 0 radical (unpaired) electrons. The largest absolute Gasteiger partial charge is 0.335 e. The zero-order valence-corrected chi connectivity index (χ0v) is 17.9. The SMILES string of the molecule is CC(c1ccccc1)N(CCCCC1CCCCC1)C(=O)NC1CCCCC1. The molecule has 1 atom stereocenters. The van der Waals surface area contributed by atoms with Crippen LogP contribution in [0.3, 0.4) is 0 Å². The lowest BCUT2D eigenvalue weighted by atomic mass is 9.86. The zero-order valence-electron chi connectivity index (χ0n) is 17.9. The molecular formula is C25H40N2O. The van der Waals surface area contributed by atoms with Crippen molar-refractivity contribution in [1.82, 2.24) is 10.2 Å². The van der Waals surface area contributed by atoms with Gasteiger partial charge in [-0.2, -0.15) is 0 Å². The summed E-state index contributed by atoms with van der Waals surface area (Å²) in [7, 11) is 0. The minimum absolute atomic E-state index is 0.125. The average molecular weight is 385 g/mol. The Morgan fingerprint density at radius 2 is 1.61 bits per heavy atom. The third-order valence-corrected chi connectivity index (χ3v) is 6.93. The molecule has 3 nitrogen and oxygen atoms in total. The Morgan fingerprint density at radius 1 is 0.964 bits per heavy atom. The Kier molecular flexibility index (Phi) is 8.70. The molecule has 2 aliphatic rings. The number of urea groups is 1. The van der Waals surface area contributed by atoms with Crippen molar-refractivity contribution in [2.75, 3.05) is 6.54 Å². The Bertz CT molecular complexity index is 561. The molecule has 0 heterocycles. The van der Waals surface area contributed by atoms with Crippen LogP contribution in [0.1, 0.15) is 102 Å². The molecule has 1 unspecified atom stereocenters. The number of carbonyl (C=O) groups is 1. The second kappa shape index (κ2) is 11.5. The number of hydrogen-bond acceptors (Lipinski definition) is 1. The van der Waals surface area contributed by atoms with E-state index in [1.807, 2.05) is 6.07 Å². The van der Waals surface area contributed by atoms with E-state index in [0.29, 0.717) is 6.04 Å². The molecule has 0 aliphatic heterocycles. The third-order valence-electron chi connectivity index (χ3n) is 6.93. The number of benzene rings is 1. The van der Waals surface area contributed by atoms with Gasteiger partial charge in [-0.05, 0) is 37.7 Å². The standard InChI is InChI=1S/C25H40N2O/c1-21(23-16-7-3-8-17-23)27(25(28)26-24-18-9-4-10-19-24)20-12-11-15-22-13-5-2-6-14-22/h3,7-8,16-17,21-22,24H,2,4-6,9-15,18-20H2,1H3,(H,26,28). The van der Waals surface area contributed by atoms with E-state index in [9.17, 15) is 4.79 Å². The van der Waals surface area contributed by atoms with Crippen LogP contribution in [0.4, 0.5) is 4.79 Å². The van der Waals surface area contributed by atoms with Gasteiger partial charge in [-0.15, -0.1) is 0 Å². The van der Waals surface area contributed by atoms with Crippen LogP contribution in [0, 0.1) is 5.92 Å². The van der Waals surface area contributed by atoms with Gasteiger partial charge in [0.05, 0.1) is 6.04 Å². The fourth-order valence-electron chi connectivity index (χ4n) is 5.08. The molecule has 28 heavy (non-hydrogen) atoms. The Hall–Kier alpha value is -1.51. The smallest absolute Gasteiger partial charge is 0.318 e. The van der Waals surface area contributed by atoms with E-state index in [-0.39, 0.29) is 12.1 Å². The summed E-state index contributed by atoms with van der Waals surface area (Å²) in [5, 5.41) is 3.35. The highest BCUT2D eigenvalue weighted by Gasteiger charge is 2.24. The van der Waals surface area contributed by atoms with E-state index in [2.05, 4.69) is 41.4 Å². The maximum absolute atomic E-state index is 13.1. The van der Waals surface area contributed by atoms with Crippen LogP contribution in [0.5, 0.6) is 0 Å². The monoisotopic (exact) mass is 384 g/mol. The molecule has 2 saturated carbocycles. The molecule has 1 N–H and O–H groups in total. The number of amides is 2. The van der Waals surface area contributed by atoms with Crippen molar-refractivity contribution in [3.05, 3.63) is 35.9 Å². The fraction of sp³-hybridized carbons (Fsp3) is 0.720. The van der Waals surface area contributed by atoms with Gasteiger partial charge in [0.25, 0.3) is 0 Å². The van der Waals surface area contributed by atoms with Crippen LogP contribution in [0.25, 0.3) is 0 Å². The average Bonchev–Trinajstić information content (AvgIpc) is 2.75. The number of nitrogens with zero attached hydrogens (tertiary/aromatic N) is 1. The minimum Gasteiger partial charge on any atom is -0.335 e. The van der Waals surface area contributed by atoms with Crippen LogP contribution in [0.15, 0.2) is 30.3 Å². The molecule has 0 aromatic heterocycles. The van der Waals surface area contributed by atoms with Gasteiger partial charge in [0, 0.05) is 12.6 Å². The van der Waals surface area contributed by atoms with Crippen molar-refractivity contribution in [2.24, 2.45) is 5.92 Å². The molecule has 2 amide bonds. The third kappa shape index (κ3) is 6.53. The Morgan fingerprint density at radius 3 is 2.29 bits per heavy atom. The van der Waals surface area contributed by atoms with Gasteiger partial charge in [0.2, 0.25) is 0 Å². The maximum atomic E-state index is 13.1. The van der Waals surface area contributed by atoms with E-state index < -0.39 is 0 Å². The molecule has 1 aromatic rings. The molecule has 3 rings (SSSR count). The van der Waals surface area contributed by atoms with Gasteiger partial charge in [-0.1, -0.05) is 94.5 Å². The zero-order chi connectivity index (χ0) is 19.6. The van der Waals surface area contributed by atoms with Gasteiger partial charge in [0.15, 0.2) is 0 Å². The summed E-state index contributed by atoms with van der Waals surface area (Å²) in [5.41, 5.74) is 1.23. The second-order valence-electron chi connectivity index (χ2n) is 9.06. The number of carbonyl (C=O) groups excluding carboxylic acids is 1. The van der Waals surface area contributed by atoms with Crippen molar-refractivity contribution in [3.8, 4) is 0 Å². The maximum Gasteiger partial charge on any atom is 0.318 e. The van der Waals surface area contributed by atoms with Crippen molar-refractivity contribution in [3.63, 3.8) is 0 Å². The quantitative estimate of drug-likeness (QED) is 0.489. The molecule has 2 aliphatic carbocycles. The predicted molar refractivity (Wildman–Crippen MR) is 117 cm³/mol. The molecule has 0 spiro atoms. The van der Waals surface area contributed by atoms with Crippen molar-refractivity contribution in [1.29, 1.82) is 0 Å². The first-order chi connectivity index (χ1) is 13.7. The van der Waals surface area contributed by atoms with Gasteiger partial charge >= 0.3 is 6.03 Å². The molecule has 3 heteroatoms. The summed E-state index contributed by atoms with van der Waals surface area (Å²) in [6.45, 7) is 3.04. The normalized spacial score (nSPS) is 19.9. The number of unbranched alkanes of at least 4 members (excludes halogenated alkanes) is 1. The van der Waals surface area contributed by atoms with Gasteiger partial charge in [0.1, 0.15) is 0 Å². The highest BCUT2D eigenvalue weighted by Crippen LogP contribution is 2.28. The fourth-order valence-corrected chi connectivity index (χ4v) is 5.08. The van der Waals surface area contributed by atoms with E-state index in [0.717, 1.165) is 31.7 Å². The molecular weight excluding hydrogens is 344 g/mol. The summed E-state index contributed by atoms with van der Waals surface area (Å²) in [4.78, 5) is 15.2. The lowest BCUT2D eigenvalue weighted by Crippen LogP contribution is -2.46. The molecule has 1 aromatic carbocycles. The predicted octanol–water partition coefficient (Wildman–Crippen LogP) is 6.84. The second-order valence-corrected chi connectivity index (χ2v) is 9.06. The van der Waals surface area contributed by atoms with Gasteiger partial charge < -0.3 is 10.2 Å². The van der Waals surface area contributed by atoms with Crippen molar-refractivity contribution < 1.29 is 4.79 Å². The van der Waals surface area contributed by atoms with Crippen molar-refractivity contribution in [2.45, 2.75) is 102 Å². The van der Waals surface area contributed by atoms with Crippen LogP contribution in [-0.2, 0) is 0 Å².